The van der Waals surface area contributed by atoms with Gasteiger partial charge in [-0.3, -0.25) is 19.7 Å². The lowest BCUT2D eigenvalue weighted by atomic mass is 10.2. The van der Waals surface area contributed by atoms with Gasteiger partial charge in [0.15, 0.2) is 0 Å². The number of aromatic amines is 1. The summed E-state index contributed by atoms with van der Waals surface area (Å²) < 4.78 is 1.26. The molecule has 2 N–H and O–H groups in total. The first-order chi connectivity index (χ1) is 10.0. The van der Waals surface area contributed by atoms with E-state index in [-0.39, 0.29) is 17.7 Å². The van der Waals surface area contributed by atoms with E-state index < -0.39 is 0 Å². The van der Waals surface area contributed by atoms with Crippen LogP contribution in [0.2, 0.25) is 0 Å². The third-order valence-corrected chi connectivity index (χ3v) is 3.29. The number of nitrogens with zero attached hydrogens (tertiary/aromatic N) is 3. The fraction of sp³-hybridized carbons (Fsp3) is 0.429. The van der Waals surface area contributed by atoms with Gasteiger partial charge in [0.05, 0.1) is 24.6 Å². The first-order valence-electron chi connectivity index (χ1n) is 6.88. The lowest BCUT2D eigenvalue weighted by Crippen LogP contribution is -2.33. The van der Waals surface area contributed by atoms with Crippen molar-refractivity contribution in [1.82, 2.24) is 19.7 Å². The smallest absolute Gasteiger partial charge is 0.268 e. The van der Waals surface area contributed by atoms with Gasteiger partial charge in [-0.25, -0.2) is 9.67 Å². The Balaban J connectivity index is 2.23. The maximum absolute atomic E-state index is 12.1. The molecule has 2 rings (SSSR count). The quantitative estimate of drug-likeness (QED) is 0.850. The van der Waals surface area contributed by atoms with Gasteiger partial charge >= 0.3 is 0 Å². The Kier molecular flexibility index (Phi) is 4.52. The Morgan fingerprint density at radius 2 is 1.95 bits per heavy atom. The molecule has 0 amide bonds. The molecule has 7 nitrogen and oxygen atoms in total. The van der Waals surface area contributed by atoms with Gasteiger partial charge in [0.25, 0.3) is 11.1 Å². The SMILES string of the molecule is CCCNc1cnc(Cn2[nH]c(=O)c(C)c(C)c2=O)cn1. The van der Waals surface area contributed by atoms with E-state index in [2.05, 4.69) is 27.3 Å². The highest BCUT2D eigenvalue weighted by Gasteiger charge is 2.08. The molecule has 0 aliphatic carbocycles. The summed E-state index contributed by atoms with van der Waals surface area (Å²) in [6, 6.07) is 0. The van der Waals surface area contributed by atoms with Crippen molar-refractivity contribution in [3.63, 3.8) is 0 Å². The van der Waals surface area contributed by atoms with Gasteiger partial charge in [-0.1, -0.05) is 6.92 Å². The standard InChI is InChI=1S/C14H19N5O2/c1-4-5-15-12-7-16-11(6-17-12)8-19-14(21)10(3)9(2)13(20)18-19/h6-7H,4-5,8H2,1-3H3,(H,15,17)(H,18,20). The minimum atomic E-state index is -0.263. The average molecular weight is 289 g/mol. The van der Waals surface area contributed by atoms with Crippen LogP contribution in [0.3, 0.4) is 0 Å². The molecule has 0 saturated carbocycles. The molecular formula is C14H19N5O2. The second-order valence-electron chi connectivity index (χ2n) is 4.90. The van der Waals surface area contributed by atoms with Crippen molar-refractivity contribution in [2.75, 3.05) is 11.9 Å². The highest BCUT2D eigenvalue weighted by molar-refractivity contribution is 5.30. The minimum Gasteiger partial charge on any atom is -0.369 e. The summed E-state index contributed by atoms with van der Waals surface area (Å²) >= 11 is 0. The van der Waals surface area contributed by atoms with Crippen LogP contribution in [0.25, 0.3) is 0 Å². The number of rotatable bonds is 5. The number of anilines is 1. The number of H-pyrrole nitrogens is 1. The largest absolute Gasteiger partial charge is 0.369 e. The number of hydrogen-bond acceptors (Lipinski definition) is 5. The van der Waals surface area contributed by atoms with Crippen LogP contribution in [0, 0.1) is 13.8 Å². The van der Waals surface area contributed by atoms with E-state index in [1.807, 2.05) is 0 Å². The maximum Gasteiger partial charge on any atom is 0.268 e. The third-order valence-electron chi connectivity index (χ3n) is 3.29. The van der Waals surface area contributed by atoms with Gasteiger partial charge < -0.3 is 5.32 Å². The number of nitrogens with one attached hydrogen (secondary N) is 2. The van der Waals surface area contributed by atoms with Gasteiger partial charge in [-0.05, 0) is 20.3 Å². The van der Waals surface area contributed by atoms with Crippen LogP contribution in [-0.2, 0) is 6.54 Å². The summed E-state index contributed by atoms with van der Waals surface area (Å²) in [6.45, 7) is 6.37. The summed E-state index contributed by atoms with van der Waals surface area (Å²) in [4.78, 5) is 32.3. The van der Waals surface area contributed by atoms with Crippen LogP contribution in [0.4, 0.5) is 5.82 Å². The first-order valence-corrected chi connectivity index (χ1v) is 6.88. The van der Waals surface area contributed by atoms with E-state index in [4.69, 9.17) is 0 Å². The van der Waals surface area contributed by atoms with Crippen molar-refractivity contribution in [1.29, 1.82) is 0 Å². The van der Waals surface area contributed by atoms with E-state index in [1.165, 1.54) is 4.68 Å². The van der Waals surface area contributed by atoms with E-state index >= 15 is 0 Å². The molecule has 2 aromatic heterocycles. The summed E-state index contributed by atoms with van der Waals surface area (Å²) in [7, 11) is 0. The van der Waals surface area contributed by atoms with Crippen LogP contribution < -0.4 is 16.4 Å². The van der Waals surface area contributed by atoms with Gasteiger partial charge in [0.2, 0.25) is 0 Å². The summed E-state index contributed by atoms with van der Waals surface area (Å²) in [5.74, 6) is 0.696. The topological polar surface area (TPSA) is 92.7 Å². The van der Waals surface area contributed by atoms with E-state index in [9.17, 15) is 9.59 Å². The molecule has 0 aliphatic rings. The summed E-state index contributed by atoms with van der Waals surface area (Å²) in [6.07, 6.45) is 4.22. The van der Waals surface area contributed by atoms with Crippen LogP contribution in [0.1, 0.15) is 30.2 Å². The molecular weight excluding hydrogens is 270 g/mol. The highest BCUT2D eigenvalue weighted by Crippen LogP contribution is 2.02. The maximum atomic E-state index is 12.1. The normalized spacial score (nSPS) is 10.6. The van der Waals surface area contributed by atoms with Gasteiger partial charge in [-0.15, -0.1) is 0 Å². The molecule has 2 aromatic rings. The fourth-order valence-corrected chi connectivity index (χ4v) is 1.84. The summed E-state index contributed by atoms with van der Waals surface area (Å²) in [5, 5.41) is 5.67. The average Bonchev–Trinajstić information content (AvgIpc) is 2.50. The molecule has 112 valence electrons. The Morgan fingerprint density at radius 1 is 1.19 bits per heavy atom. The third kappa shape index (κ3) is 3.36. The predicted octanol–water partition coefficient (Wildman–Crippen LogP) is 0.814. The molecule has 0 saturated heterocycles. The molecule has 0 bridgehead atoms. The fourth-order valence-electron chi connectivity index (χ4n) is 1.84. The zero-order valence-corrected chi connectivity index (χ0v) is 12.4. The molecule has 21 heavy (non-hydrogen) atoms. The van der Waals surface area contributed by atoms with Crippen LogP contribution >= 0.6 is 0 Å². The lowest BCUT2D eigenvalue weighted by Gasteiger charge is -2.08. The number of hydrogen-bond donors (Lipinski definition) is 2. The Morgan fingerprint density at radius 3 is 2.57 bits per heavy atom. The second-order valence-corrected chi connectivity index (χ2v) is 4.90. The molecule has 2 heterocycles. The zero-order chi connectivity index (χ0) is 15.4. The van der Waals surface area contributed by atoms with Crippen LogP contribution in [0.15, 0.2) is 22.0 Å². The van der Waals surface area contributed by atoms with Crippen LogP contribution in [0.5, 0.6) is 0 Å². The molecule has 0 aliphatic heterocycles. The monoisotopic (exact) mass is 289 g/mol. The molecule has 0 aromatic carbocycles. The Labute approximate surface area is 122 Å². The molecule has 0 radical (unpaired) electrons. The minimum absolute atomic E-state index is 0.191. The van der Waals surface area contributed by atoms with Gasteiger partial charge in [0.1, 0.15) is 5.82 Å². The zero-order valence-electron chi connectivity index (χ0n) is 12.4. The molecule has 0 atom stereocenters. The van der Waals surface area contributed by atoms with Crippen molar-refractivity contribution in [2.24, 2.45) is 0 Å². The van der Waals surface area contributed by atoms with E-state index in [0.717, 1.165) is 13.0 Å². The second kappa shape index (κ2) is 6.34. The van der Waals surface area contributed by atoms with Crippen molar-refractivity contribution in [3.8, 4) is 0 Å². The van der Waals surface area contributed by atoms with Crippen LogP contribution in [-0.4, -0.2) is 26.3 Å². The Hall–Kier alpha value is -2.44. The van der Waals surface area contributed by atoms with Gasteiger partial charge in [0, 0.05) is 17.7 Å². The first kappa shape index (κ1) is 15.0. The van der Waals surface area contributed by atoms with Crippen molar-refractivity contribution >= 4 is 5.82 Å². The van der Waals surface area contributed by atoms with E-state index in [1.54, 1.807) is 26.2 Å². The molecule has 0 fully saturated rings. The highest BCUT2D eigenvalue weighted by atomic mass is 16.2. The molecule has 0 unspecified atom stereocenters. The van der Waals surface area contributed by atoms with Crippen molar-refractivity contribution in [2.45, 2.75) is 33.7 Å². The lowest BCUT2D eigenvalue weighted by molar-refractivity contribution is 0.607. The molecule has 7 heteroatoms. The number of aromatic nitrogens is 4. The Bertz CT molecular complexity index is 731. The van der Waals surface area contributed by atoms with E-state index in [0.29, 0.717) is 22.6 Å². The molecule has 0 spiro atoms. The summed E-state index contributed by atoms with van der Waals surface area (Å²) in [5.41, 5.74) is 1.02. The van der Waals surface area contributed by atoms with Gasteiger partial charge in [-0.2, -0.15) is 0 Å². The predicted molar refractivity (Wildman–Crippen MR) is 80.7 cm³/mol. The van der Waals surface area contributed by atoms with Crippen molar-refractivity contribution < 1.29 is 0 Å². The van der Waals surface area contributed by atoms with Crippen molar-refractivity contribution in [3.05, 3.63) is 49.9 Å².